The second-order valence-electron chi connectivity index (χ2n) is 6.14. The fraction of sp³-hybridized carbons (Fsp3) is 0.444. The normalized spacial score (nSPS) is 16.4. The molecule has 0 bridgehead atoms. The molecule has 1 atom stereocenters. The van der Waals surface area contributed by atoms with Gasteiger partial charge in [0.2, 0.25) is 0 Å². The molecule has 3 rings (SSSR count). The van der Waals surface area contributed by atoms with Crippen molar-refractivity contribution in [3.8, 4) is 0 Å². The third-order valence-electron chi connectivity index (χ3n) is 4.47. The van der Waals surface area contributed by atoms with E-state index in [9.17, 15) is 0 Å². The van der Waals surface area contributed by atoms with Gasteiger partial charge in [0, 0.05) is 25.0 Å². The van der Waals surface area contributed by atoms with Gasteiger partial charge >= 0.3 is 0 Å². The van der Waals surface area contributed by atoms with Crippen LogP contribution < -0.4 is 5.32 Å². The molecule has 0 amide bonds. The molecule has 2 nitrogen and oxygen atoms in total. The SMILES string of the molecule is CNC(c1ccn(Cc2ccc(C)c(C)c2)c1)C1CC1. The lowest BCUT2D eigenvalue weighted by Gasteiger charge is -2.13. The second-order valence-corrected chi connectivity index (χ2v) is 6.14. The van der Waals surface area contributed by atoms with E-state index in [4.69, 9.17) is 0 Å². The van der Waals surface area contributed by atoms with Gasteiger partial charge < -0.3 is 9.88 Å². The van der Waals surface area contributed by atoms with Gasteiger partial charge in [-0.15, -0.1) is 0 Å². The number of nitrogens with one attached hydrogen (secondary N) is 1. The van der Waals surface area contributed by atoms with Gasteiger partial charge in [0.25, 0.3) is 0 Å². The summed E-state index contributed by atoms with van der Waals surface area (Å²) in [4.78, 5) is 0. The molecule has 106 valence electrons. The molecular formula is C18H24N2. The number of benzene rings is 1. The summed E-state index contributed by atoms with van der Waals surface area (Å²) in [6, 6.07) is 9.55. The van der Waals surface area contributed by atoms with Crippen molar-refractivity contribution >= 4 is 0 Å². The lowest BCUT2D eigenvalue weighted by atomic mass is 10.1. The van der Waals surface area contributed by atoms with Crippen LogP contribution in [0.3, 0.4) is 0 Å². The lowest BCUT2D eigenvalue weighted by molar-refractivity contribution is 0.528. The Hall–Kier alpha value is -1.54. The van der Waals surface area contributed by atoms with Gasteiger partial charge in [0.05, 0.1) is 0 Å². The molecule has 1 saturated carbocycles. The van der Waals surface area contributed by atoms with E-state index in [0.717, 1.165) is 12.5 Å². The zero-order valence-electron chi connectivity index (χ0n) is 12.7. The molecule has 1 aliphatic carbocycles. The van der Waals surface area contributed by atoms with E-state index in [0.29, 0.717) is 6.04 Å². The fourth-order valence-corrected chi connectivity index (χ4v) is 2.96. The number of hydrogen-bond acceptors (Lipinski definition) is 1. The van der Waals surface area contributed by atoms with Crippen LogP contribution in [0.1, 0.15) is 41.1 Å². The Bertz CT molecular complexity index is 593. The summed E-state index contributed by atoms with van der Waals surface area (Å²) in [6.45, 7) is 5.31. The number of hydrogen-bond donors (Lipinski definition) is 1. The van der Waals surface area contributed by atoms with E-state index in [1.807, 2.05) is 0 Å². The Labute approximate surface area is 121 Å². The molecule has 20 heavy (non-hydrogen) atoms. The largest absolute Gasteiger partial charge is 0.350 e. The van der Waals surface area contributed by atoms with Crippen molar-refractivity contribution in [3.05, 3.63) is 58.9 Å². The van der Waals surface area contributed by atoms with Crippen LogP contribution in [0, 0.1) is 19.8 Å². The number of nitrogens with zero attached hydrogens (tertiary/aromatic N) is 1. The van der Waals surface area contributed by atoms with E-state index in [-0.39, 0.29) is 0 Å². The van der Waals surface area contributed by atoms with Crippen molar-refractivity contribution in [1.29, 1.82) is 0 Å². The maximum Gasteiger partial charge on any atom is 0.0470 e. The maximum atomic E-state index is 3.46. The smallest absolute Gasteiger partial charge is 0.0470 e. The van der Waals surface area contributed by atoms with Crippen molar-refractivity contribution in [3.63, 3.8) is 0 Å². The zero-order chi connectivity index (χ0) is 14.1. The van der Waals surface area contributed by atoms with Crippen LogP contribution in [0.15, 0.2) is 36.7 Å². The molecule has 1 fully saturated rings. The fourth-order valence-electron chi connectivity index (χ4n) is 2.96. The van der Waals surface area contributed by atoms with E-state index < -0.39 is 0 Å². The molecule has 2 aromatic rings. The first-order chi connectivity index (χ1) is 9.67. The molecule has 0 saturated heterocycles. The molecule has 0 aliphatic heterocycles. The van der Waals surface area contributed by atoms with Gasteiger partial charge in [-0.3, -0.25) is 0 Å². The molecular weight excluding hydrogens is 244 g/mol. The van der Waals surface area contributed by atoms with Crippen molar-refractivity contribution in [2.75, 3.05) is 7.05 Å². The van der Waals surface area contributed by atoms with Gasteiger partial charge in [-0.2, -0.15) is 0 Å². The third-order valence-corrected chi connectivity index (χ3v) is 4.47. The summed E-state index contributed by atoms with van der Waals surface area (Å²) in [6.07, 6.45) is 7.24. The molecule has 1 heterocycles. The minimum absolute atomic E-state index is 0.538. The Morgan fingerprint density at radius 1 is 1.20 bits per heavy atom. The van der Waals surface area contributed by atoms with Crippen LogP contribution in [0.2, 0.25) is 0 Å². The molecule has 0 radical (unpaired) electrons. The van der Waals surface area contributed by atoms with Crippen LogP contribution in [0.25, 0.3) is 0 Å². The predicted octanol–water partition coefficient (Wildman–Crippen LogP) is 3.82. The standard InChI is InChI=1S/C18H24N2/c1-13-4-5-15(10-14(13)2)11-20-9-8-17(12-20)18(19-3)16-6-7-16/h4-5,8-10,12,16,18-19H,6-7,11H2,1-3H3. The highest BCUT2D eigenvalue weighted by atomic mass is 15.0. The Morgan fingerprint density at radius 3 is 2.65 bits per heavy atom. The minimum Gasteiger partial charge on any atom is -0.350 e. The predicted molar refractivity (Wildman–Crippen MR) is 84.0 cm³/mol. The Kier molecular flexibility index (Phi) is 3.66. The van der Waals surface area contributed by atoms with Gasteiger partial charge in [0.1, 0.15) is 0 Å². The van der Waals surface area contributed by atoms with Gasteiger partial charge in [-0.05, 0) is 68.0 Å². The third kappa shape index (κ3) is 2.80. The van der Waals surface area contributed by atoms with Crippen LogP contribution >= 0.6 is 0 Å². The first kappa shape index (κ1) is 13.4. The summed E-state index contributed by atoms with van der Waals surface area (Å²) in [5.74, 6) is 0.845. The molecule has 1 aliphatic rings. The van der Waals surface area contributed by atoms with Crippen molar-refractivity contribution < 1.29 is 0 Å². The van der Waals surface area contributed by atoms with Crippen molar-refractivity contribution in [2.24, 2.45) is 5.92 Å². The van der Waals surface area contributed by atoms with Crippen molar-refractivity contribution in [1.82, 2.24) is 9.88 Å². The average Bonchev–Trinajstić information content (AvgIpc) is 3.16. The first-order valence-electron chi connectivity index (χ1n) is 7.56. The molecule has 1 aromatic heterocycles. The average molecular weight is 268 g/mol. The summed E-state index contributed by atoms with van der Waals surface area (Å²) < 4.78 is 2.30. The highest BCUT2D eigenvalue weighted by Gasteiger charge is 2.31. The molecule has 1 aromatic carbocycles. The van der Waals surface area contributed by atoms with E-state index in [1.54, 1.807) is 0 Å². The number of rotatable bonds is 5. The molecule has 0 spiro atoms. The monoisotopic (exact) mass is 268 g/mol. The Balaban J connectivity index is 1.74. The Morgan fingerprint density at radius 2 is 2.00 bits per heavy atom. The molecule has 2 heteroatoms. The van der Waals surface area contributed by atoms with E-state index >= 15 is 0 Å². The molecule has 1 N–H and O–H groups in total. The van der Waals surface area contributed by atoms with Crippen LogP contribution in [0.5, 0.6) is 0 Å². The maximum absolute atomic E-state index is 3.46. The topological polar surface area (TPSA) is 17.0 Å². The summed E-state index contributed by atoms with van der Waals surface area (Å²) >= 11 is 0. The highest BCUT2D eigenvalue weighted by molar-refractivity contribution is 5.30. The highest BCUT2D eigenvalue weighted by Crippen LogP contribution is 2.40. The van der Waals surface area contributed by atoms with Gasteiger partial charge in [0.15, 0.2) is 0 Å². The number of aromatic nitrogens is 1. The minimum atomic E-state index is 0.538. The van der Waals surface area contributed by atoms with Crippen LogP contribution in [-0.4, -0.2) is 11.6 Å². The summed E-state index contributed by atoms with van der Waals surface area (Å²) in [5, 5.41) is 3.46. The quantitative estimate of drug-likeness (QED) is 0.872. The second kappa shape index (κ2) is 5.45. The van der Waals surface area contributed by atoms with Crippen LogP contribution in [-0.2, 0) is 6.54 Å². The zero-order valence-corrected chi connectivity index (χ0v) is 12.7. The summed E-state index contributed by atoms with van der Waals surface area (Å²) in [5.41, 5.74) is 5.55. The van der Waals surface area contributed by atoms with Gasteiger partial charge in [-0.1, -0.05) is 18.2 Å². The number of aryl methyl sites for hydroxylation is 2. The van der Waals surface area contributed by atoms with E-state index in [2.05, 4.69) is 67.4 Å². The molecule has 1 unspecified atom stereocenters. The first-order valence-corrected chi connectivity index (χ1v) is 7.56. The lowest BCUT2D eigenvalue weighted by Crippen LogP contribution is -2.17. The summed E-state index contributed by atoms with van der Waals surface area (Å²) in [7, 11) is 2.07. The van der Waals surface area contributed by atoms with Crippen molar-refractivity contribution in [2.45, 2.75) is 39.3 Å². The van der Waals surface area contributed by atoms with E-state index in [1.165, 1.54) is 35.1 Å². The van der Waals surface area contributed by atoms with Gasteiger partial charge in [-0.25, -0.2) is 0 Å². The van der Waals surface area contributed by atoms with Crippen LogP contribution in [0.4, 0.5) is 0 Å².